The lowest BCUT2D eigenvalue weighted by Gasteiger charge is -2.40. The monoisotopic (exact) mass is 301 g/mol. The molecule has 116 valence electrons. The van der Waals surface area contributed by atoms with E-state index in [4.69, 9.17) is 10.2 Å². The number of hydrogen-bond donors (Lipinski definition) is 4. The summed E-state index contributed by atoms with van der Waals surface area (Å²) in [5, 5.41) is 21.5. The molecule has 10 heteroatoms. The summed E-state index contributed by atoms with van der Waals surface area (Å²) in [5.41, 5.74) is -1.37. The Hall–Kier alpha value is -2.65. The van der Waals surface area contributed by atoms with E-state index in [9.17, 15) is 24.0 Å². The molecule has 0 aromatic rings. The van der Waals surface area contributed by atoms with Crippen LogP contribution in [-0.4, -0.2) is 63.0 Å². The van der Waals surface area contributed by atoms with Crippen molar-refractivity contribution in [2.24, 2.45) is 0 Å². The second-order valence-electron chi connectivity index (χ2n) is 4.96. The number of amides is 4. The van der Waals surface area contributed by atoms with Gasteiger partial charge >= 0.3 is 18.0 Å². The highest BCUT2D eigenvalue weighted by Gasteiger charge is 2.44. The molecule has 0 bridgehead atoms. The predicted octanol–water partition coefficient (Wildman–Crippen LogP) is -1.64. The van der Waals surface area contributed by atoms with E-state index in [1.807, 2.05) is 5.32 Å². The summed E-state index contributed by atoms with van der Waals surface area (Å²) in [4.78, 5) is 57.3. The number of carboxylic acid groups (broad SMARTS) is 2. The summed E-state index contributed by atoms with van der Waals surface area (Å²) in [6, 6.07) is -2.66. The quantitative estimate of drug-likeness (QED) is 0.454. The van der Waals surface area contributed by atoms with Crippen LogP contribution in [0.1, 0.15) is 20.3 Å². The average molecular weight is 301 g/mol. The molecule has 1 heterocycles. The molecule has 0 radical (unpaired) electrons. The molecule has 0 aliphatic carbocycles. The summed E-state index contributed by atoms with van der Waals surface area (Å²) in [7, 11) is 0. The Kier molecular flexibility index (Phi) is 4.51. The van der Waals surface area contributed by atoms with Crippen LogP contribution in [0.3, 0.4) is 0 Å². The number of carbonyl (C=O) groups is 5. The van der Waals surface area contributed by atoms with Crippen molar-refractivity contribution in [3.63, 3.8) is 0 Å². The standard InChI is InChI=1S/C11H15N3O7/c1-11(2)9(20)13-6(15)4-14(11)10(21)12-5(8(18)19)3-7(16)17/h5H,3-4H2,1-2H3,(H,12,21)(H,16,17)(H,18,19)(H,13,15,20). The van der Waals surface area contributed by atoms with Crippen LogP contribution in [0, 0.1) is 0 Å². The highest BCUT2D eigenvalue weighted by atomic mass is 16.4. The Morgan fingerprint density at radius 3 is 2.38 bits per heavy atom. The van der Waals surface area contributed by atoms with Crippen LogP contribution in [0.2, 0.25) is 0 Å². The van der Waals surface area contributed by atoms with Crippen molar-refractivity contribution in [2.75, 3.05) is 6.54 Å². The maximum absolute atomic E-state index is 12.0. The number of imide groups is 1. The van der Waals surface area contributed by atoms with Crippen molar-refractivity contribution in [3.05, 3.63) is 0 Å². The SMILES string of the molecule is CC1(C)C(=O)NC(=O)CN1C(=O)NC(CC(=O)O)C(=O)O. The van der Waals surface area contributed by atoms with Crippen LogP contribution in [0.15, 0.2) is 0 Å². The number of carbonyl (C=O) groups excluding carboxylic acids is 3. The van der Waals surface area contributed by atoms with Crippen LogP contribution in [-0.2, 0) is 19.2 Å². The first-order valence-electron chi connectivity index (χ1n) is 5.92. The van der Waals surface area contributed by atoms with Crippen LogP contribution in [0.25, 0.3) is 0 Å². The van der Waals surface area contributed by atoms with Crippen molar-refractivity contribution >= 4 is 29.8 Å². The van der Waals surface area contributed by atoms with Gasteiger partial charge in [-0.2, -0.15) is 0 Å². The summed E-state index contributed by atoms with van der Waals surface area (Å²) >= 11 is 0. The van der Waals surface area contributed by atoms with Crippen molar-refractivity contribution < 1.29 is 34.2 Å². The van der Waals surface area contributed by atoms with Gasteiger partial charge in [-0.15, -0.1) is 0 Å². The van der Waals surface area contributed by atoms with Crippen LogP contribution in [0.4, 0.5) is 4.79 Å². The molecule has 1 aliphatic rings. The fraction of sp³-hybridized carbons (Fsp3) is 0.545. The van der Waals surface area contributed by atoms with Gasteiger partial charge in [0.15, 0.2) is 0 Å². The topological polar surface area (TPSA) is 153 Å². The van der Waals surface area contributed by atoms with Crippen LogP contribution in [0.5, 0.6) is 0 Å². The number of carboxylic acids is 2. The second-order valence-corrected chi connectivity index (χ2v) is 4.96. The normalized spacial score (nSPS) is 18.7. The number of nitrogens with zero attached hydrogens (tertiary/aromatic N) is 1. The number of hydrogen-bond acceptors (Lipinski definition) is 5. The van der Waals surface area contributed by atoms with Crippen molar-refractivity contribution in [2.45, 2.75) is 31.8 Å². The summed E-state index contributed by atoms with van der Waals surface area (Å²) in [5.74, 6) is -4.36. The van der Waals surface area contributed by atoms with E-state index in [0.717, 1.165) is 4.90 Å². The van der Waals surface area contributed by atoms with E-state index in [1.165, 1.54) is 13.8 Å². The van der Waals surface area contributed by atoms with Crippen molar-refractivity contribution in [1.29, 1.82) is 0 Å². The van der Waals surface area contributed by atoms with Gasteiger partial charge in [-0.1, -0.05) is 0 Å². The van der Waals surface area contributed by atoms with Crippen LogP contribution < -0.4 is 10.6 Å². The average Bonchev–Trinajstić information content (AvgIpc) is 2.32. The van der Waals surface area contributed by atoms with Gasteiger partial charge in [-0.05, 0) is 13.8 Å². The van der Waals surface area contributed by atoms with Crippen molar-refractivity contribution in [3.8, 4) is 0 Å². The summed E-state index contributed by atoms with van der Waals surface area (Å²) < 4.78 is 0. The maximum atomic E-state index is 12.0. The molecular formula is C11H15N3O7. The molecule has 0 spiro atoms. The minimum Gasteiger partial charge on any atom is -0.481 e. The lowest BCUT2D eigenvalue weighted by Crippen LogP contribution is -2.67. The van der Waals surface area contributed by atoms with Crippen LogP contribution >= 0.6 is 0 Å². The lowest BCUT2D eigenvalue weighted by molar-refractivity contribution is -0.146. The minimum atomic E-state index is -1.66. The Bertz CT molecular complexity index is 514. The van der Waals surface area contributed by atoms with E-state index in [2.05, 4.69) is 5.32 Å². The molecule has 1 saturated heterocycles. The first-order chi connectivity index (χ1) is 9.55. The molecule has 1 aliphatic heterocycles. The molecule has 4 N–H and O–H groups in total. The van der Waals surface area contributed by atoms with Crippen molar-refractivity contribution in [1.82, 2.24) is 15.5 Å². The number of urea groups is 1. The zero-order valence-electron chi connectivity index (χ0n) is 11.4. The minimum absolute atomic E-state index is 0.440. The third kappa shape index (κ3) is 3.68. The van der Waals surface area contributed by atoms with E-state index in [-0.39, 0.29) is 0 Å². The number of rotatable bonds is 4. The highest BCUT2D eigenvalue weighted by molar-refractivity contribution is 6.06. The molecule has 0 aromatic carbocycles. The van der Waals surface area contributed by atoms with Gasteiger partial charge in [0.2, 0.25) is 5.91 Å². The van der Waals surface area contributed by atoms with E-state index >= 15 is 0 Å². The largest absolute Gasteiger partial charge is 0.481 e. The molecule has 1 atom stereocenters. The van der Waals surface area contributed by atoms with E-state index in [0.29, 0.717) is 0 Å². The molecule has 10 nitrogen and oxygen atoms in total. The van der Waals surface area contributed by atoms with Gasteiger partial charge in [-0.25, -0.2) is 9.59 Å². The molecule has 4 amide bonds. The van der Waals surface area contributed by atoms with Gasteiger partial charge in [0.05, 0.1) is 6.42 Å². The zero-order chi connectivity index (χ0) is 16.4. The van der Waals surface area contributed by atoms with Gasteiger partial charge < -0.3 is 20.4 Å². The first-order valence-corrected chi connectivity index (χ1v) is 5.92. The summed E-state index contributed by atoms with van der Waals surface area (Å²) in [6.45, 7) is 2.31. The first kappa shape index (κ1) is 16.4. The number of aliphatic carboxylic acids is 2. The molecule has 0 saturated carbocycles. The predicted molar refractivity (Wildman–Crippen MR) is 66.1 cm³/mol. The summed E-state index contributed by atoms with van der Waals surface area (Å²) in [6.07, 6.45) is -0.824. The Labute approximate surface area is 119 Å². The Balaban J connectivity index is 2.90. The third-order valence-corrected chi connectivity index (χ3v) is 3.00. The highest BCUT2D eigenvalue weighted by Crippen LogP contribution is 2.18. The fourth-order valence-electron chi connectivity index (χ4n) is 1.71. The maximum Gasteiger partial charge on any atom is 0.326 e. The molecular weight excluding hydrogens is 286 g/mol. The van der Waals surface area contributed by atoms with Gasteiger partial charge in [0, 0.05) is 0 Å². The Morgan fingerprint density at radius 1 is 1.33 bits per heavy atom. The van der Waals surface area contributed by atoms with Gasteiger partial charge in [0.25, 0.3) is 5.91 Å². The third-order valence-electron chi connectivity index (χ3n) is 3.00. The van der Waals surface area contributed by atoms with E-state index in [1.54, 1.807) is 0 Å². The lowest BCUT2D eigenvalue weighted by atomic mass is 9.99. The molecule has 1 fully saturated rings. The number of piperazine rings is 1. The molecule has 1 rings (SSSR count). The van der Waals surface area contributed by atoms with Gasteiger partial charge in [0.1, 0.15) is 18.1 Å². The fourth-order valence-corrected chi connectivity index (χ4v) is 1.71. The molecule has 1 unspecified atom stereocenters. The number of nitrogens with one attached hydrogen (secondary N) is 2. The molecule has 21 heavy (non-hydrogen) atoms. The second kappa shape index (κ2) is 5.77. The van der Waals surface area contributed by atoms with E-state index < -0.39 is 54.3 Å². The Morgan fingerprint density at radius 2 is 1.90 bits per heavy atom. The smallest absolute Gasteiger partial charge is 0.326 e. The zero-order valence-corrected chi connectivity index (χ0v) is 11.4. The van der Waals surface area contributed by atoms with Gasteiger partial charge in [-0.3, -0.25) is 19.7 Å². The molecule has 0 aromatic heterocycles.